The normalized spacial score (nSPS) is 14.3. The van der Waals surface area contributed by atoms with E-state index in [1.165, 1.54) is 32.9 Å². The fourth-order valence-electron chi connectivity index (χ4n) is 6.85. The molecular formula is C45H32N4. The van der Waals surface area contributed by atoms with Crippen LogP contribution in [0, 0.1) is 0 Å². The number of aliphatic imine (C=N–C) groups is 2. The van der Waals surface area contributed by atoms with E-state index in [4.69, 9.17) is 9.98 Å². The Bertz CT molecular complexity index is 2510. The van der Waals surface area contributed by atoms with Crippen molar-refractivity contribution >= 4 is 33.5 Å². The number of rotatable bonds is 6. The Morgan fingerprint density at radius 3 is 1.78 bits per heavy atom. The van der Waals surface area contributed by atoms with Crippen molar-refractivity contribution in [1.29, 1.82) is 0 Å². The second-order valence-corrected chi connectivity index (χ2v) is 12.3. The minimum absolute atomic E-state index is 0.337. The molecule has 0 spiro atoms. The molecular weight excluding hydrogens is 597 g/mol. The summed E-state index contributed by atoms with van der Waals surface area (Å²) >= 11 is 0. The monoisotopic (exact) mass is 628 g/mol. The summed E-state index contributed by atoms with van der Waals surface area (Å²) < 4.78 is 2.38. The molecule has 0 saturated carbocycles. The first-order chi connectivity index (χ1) is 24.3. The Labute approximate surface area is 285 Å². The summed E-state index contributed by atoms with van der Waals surface area (Å²) in [6.45, 7) is 0. The highest BCUT2D eigenvalue weighted by Gasteiger charge is 2.22. The number of hydrogen-bond donors (Lipinski definition) is 1. The van der Waals surface area contributed by atoms with Crippen molar-refractivity contribution in [3.63, 3.8) is 0 Å². The molecule has 0 bridgehead atoms. The second kappa shape index (κ2) is 12.3. The van der Waals surface area contributed by atoms with Crippen molar-refractivity contribution in [1.82, 2.24) is 9.88 Å². The highest BCUT2D eigenvalue weighted by molar-refractivity contribution is 6.13. The molecule has 49 heavy (non-hydrogen) atoms. The summed E-state index contributed by atoms with van der Waals surface area (Å²) in [7, 11) is 0. The molecule has 1 aromatic heterocycles. The topological polar surface area (TPSA) is 41.7 Å². The maximum atomic E-state index is 5.24. The molecule has 1 aliphatic heterocycles. The Kier molecular flexibility index (Phi) is 7.17. The summed E-state index contributed by atoms with van der Waals surface area (Å²) in [6.07, 6.45) is -0.337. The van der Waals surface area contributed by atoms with Gasteiger partial charge in [-0.1, -0.05) is 152 Å². The molecule has 0 fully saturated rings. The van der Waals surface area contributed by atoms with Gasteiger partial charge in [-0.3, -0.25) is 0 Å². The summed E-state index contributed by atoms with van der Waals surface area (Å²) in [6, 6.07) is 64.0. The zero-order valence-electron chi connectivity index (χ0n) is 26.7. The molecule has 7 aromatic carbocycles. The predicted molar refractivity (Wildman–Crippen MR) is 203 cm³/mol. The standard InChI is InChI=1S/C45H32N4/c1-4-14-31(15-5-1)34-20-12-21-36(28-34)44-46-43(33-18-8-3-9-19-33)47-45(48-44)37-22-13-23-38(29-37)49-41-25-11-10-24-39(41)40-27-26-35(30-42(40)49)32-16-6-2-7-17-32/h1-30,45H,(H,46,47,48). The van der Waals surface area contributed by atoms with Crippen molar-refractivity contribution in [3.05, 3.63) is 199 Å². The third kappa shape index (κ3) is 5.39. The summed E-state index contributed by atoms with van der Waals surface area (Å²) in [5, 5.41) is 6.12. The van der Waals surface area contributed by atoms with Gasteiger partial charge in [0.05, 0.1) is 11.0 Å². The molecule has 2 heterocycles. The van der Waals surface area contributed by atoms with Crippen molar-refractivity contribution < 1.29 is 0 Å². The predicted octanol–water partition coefficient (Wildman–Crippen LogP) is 10.6. The van der Waals surface area contributed by atoms with Gasteiger partial charge in [-0.15, -0.1) is 0 Å². The average molecular weight is 629 g/mol. The molecule has 0 saturated heterocycles. The Morgan fingerprint density at radius 1 is 0.429 bits per heavy atom. The fourth-order valence-corrected chi connectivity index (χ4v) is 6.85. The van der Waals surface area contributed by atoms with Crippen LogP contribution in [0.3, 0.4) is 0 Å². The van der Waals surface area contributed by atoms with E-state index in [1.54, 1.807) is 0 Å². The van der Waals surface area contributed by atoms with Crippen LogP contribution in [0.4, 0.5) is 0 Å². The summed E-state index contributed by atoms with van der Waals surface area (Å²) in [4.78, 5) is 10.3. The van der Waals surface area contributed by atoms with E-state index in [-0.39, 0.29) is 6.17 Å². The minimum atomic E-state index is -0.337. The van der Waals surface area contributed by atoms with E-state index in [2.05, 4.69) is 168 Å². The van der Waals surface area contributed by atoms with Gasteiger partial charge in [-0.2, -0.15) is 0 Å². The first-order valence-corrected chi connectivity index (χ1v) is 16.6. The lowest BCUT2D eigenvalue weighted by Crippen LogP contribution is -2.33. The number of hydrogen-bond acceptors (Lipinski definition) is 3. The summed E-state index contributed by atoms with van der Waals surface area (Å²) in [5.41, 5.74) is 11.2. The van der Waals surface area contributed by atoms with Crippen molar-refractivity contribution in [2.75, 3.05) is 0 Å². The SMILES string of the molecule is c1ccc(C2=NC(c3cccc(-c4ccccc4)c3)=NC(c3cccc(-n4c5ccccc5c5ccc(-c6ccccc6)cc54)c3)N2)cc1. The lowest BCUT2D eigenvalue weighted by molar-refractivity contribution is 0.674. The zero-order chi connectivity index (χ0) is 32.6. The van der Waals surface area contributed by atoms with E-state index in [1.807, 2.05) is 24.3 Å². The number of nitrogens with zero attached hydrogens (tertiary/aromatic N) is 3. The molecule has 9 rings (SSSR count). The molecule has 0 aliphatic carbocycles. The van der Waals surface area contributed by atoms with E-state index in [0.717, 1.165) is 39.3 Å². The van der Waals surface area contributed by atoms with Crippen molar-refractivity contribution in [3.8, 4) is 27.9 Å². The van der Waals surface area contributed by atoms with E-state index in [0.29, 0.717) is 5.84 Å². The Hall–Kier alpha value is -6.52. The average Bonchev–Trinajstić information content (AvgIpc) is 3.52. The lowest BCUT2D eigenvalue weighted by atomic mass is 10.0. The molecule has 1 unspecified atom stereocenters. The van der Waals surface area contributed by atoms with Gasteiger partial charge < -0.3 is 9.88 Å². The first-order valence-electron chi connectivity index (χ1n) is 16.6. The first kappa shape index (κ1) is 28.7. The van der Waals surface area contributed by atoms with Gasteiger partial charge in [0.25, 0.3) is 0 Å². The summed E-state index contributed by atoms with van der Waals surface area (Å²) in [5.74, 6) is 1.51. The molecule has 4 nitrogen and oxygen atoms in total. The zero-order valence-corrected chi connectivity index (χ0v) is 26.7. The molecule has 8 aromatic rings. The number of fused-ring (bicyclic) bond motifs is 3. The van der Waals surface area contributed by atoms with Crippen LogP contribution in [0.1, 0.15) is 22.9 Å². The van der Waals surface area contributed by atoms with Crippen LogP contribution in [0.5, 0.6) is 0 Å². The lowest BCUT2D eigenvalue weighted by Gasteiger charge is -2.24. The maximum absolute atomic E-state index is 5.24. The third-order valence-electron chi connectivity index (χ3n) is 9.24. The van der Waals surface area contributed by atoms with Crippen LogP contribution >= 0.6 is 0 Å². The van der Waals surface area contributed by atoms with E-state index < -0.39 is 0 Å². The number of amidine groups is 2. The smallest absolute Gasteiger partial charge is 0.159 e. The number of nitrogens with one attached hydrogen (secondary N) is 1. The highest BCUT2D eigenvalue weighted by atomic mass is 15.2. The molecule has 1 atom stereocenters. The van der Waals surface area contributed by atoms with Crippen molar-refractivity contribution in [2.45, 2.75) is 6.17 Å². The molecule has 0 amide bonds. The van der Waals surface area contributed by atoms with Gasteiger partial charge in [0.15, 0.2) is 5.84 Å². The quantitative estimate of drug-likeness (QED) is 0.196. The van der Waals surface area contributed by atoms with Crippen LogP contribution in [-0.4, -0.2) is 16.2 Å². The highest BCUT2D eigenvalue weighted by Crippen LogP contribution is 2.36. The fraction of sp³-hybridized carbons (Fsp3) is 0.0222. The molecule has 1 aliphatic rings. The number of aromatic nitrogens is 1. The van der Waals surface area contributed by atoms with Gasteiger partial charge in [-0.05, 0) is 58.1 Å². The van der Waals surface area contributed by atoms with Gasteiger partial charge in [0.2, 0.25) is 0 Å². The molecule has 1 N–H and O–H groups in total. The largest absolute Gasteiger partial charge is 0.344 e. The molecule has 4 heteroatoms. The van der Waals surface area contributed by atoms with Crippen LogP contribution in [0.2, 0.25) is 0 Å². The molecule has 232 valence electrons. The maximum Gasteiger partial charge on any atom is 0.159 e. The minimum Gasteiger partial charge on any atom is -0.344 e. The molecule has 0 radical (unpaired) electrons. The Morgan fingerprint density at radius 2 is 1.02 bits per heavy atom. The third-order valence-corrected chi connectivity index (χ3v) is 9.24. The van der Waals surface area contributed by atoms with E-state index in [9.17, 15) is 0 Å². The van der Waals surface area contributed by atoms with Crippen LogP contribution in [0.15, 0.2) is 192 Å². The Balaban J connectivity index is 1.17. The second-order valence-electron chi connectivity index (χ2n) is 12.3. The van der Waals surface area contributed by atoms with Gasteiger partial charge >= 0.3 is 0 Å². The van der Waals surface area contributed by atoms with Crippen LogP contribution in [-0.2, 0) is 0 Å². The number of para-hydroxylation sites is 1. The van der Waals surface area contributed by atoms with Gasteiger partial charge in [0.1, 0.15) is 12.0 Å². The van der Waals surface area contributed by atoms with Crippen LogP contribution < -0.4 is 5.32 Å². The van der Waals surface area contributed by atoms with Crippen molar-refractivity contribution in [2.24, 2.45) is 9.98 Å². The van der Waals surface area contributed by atoms with E-state index >= 15 is 0 Å². The van der Waals surface area contributed by atoms with Gasteiger partial charge in [0, 0.05) is 27.6 Å². The van der Waals surface area contributed by atoms with Gasteiger partial charge in [-0.25, -0.2) is 9.98 Å². The van der Waals surface area contributed by atoms with Crippen LogP contribution in [0.25, 0.3) is 49.7 Å². The number of benzene rings is 7.